The van der Waals surface area contributed by atoms with Crippen molar-refractivity contribution in [1.29, 1.82) is 0 Å². The zero-order valence-electron chi connectivity index (χ0n) is 14.6. The summed E-state index contributed by atoms with van der Waals surface area (Å²) in [6, 6.07) is 5.55. The second-order valence-electron chi connectivity index (χ2n) is 5.09. The number of nitrogens with one attached hydrogen (secondary N) is 3. The minimum absolute atomic E-state index is 0. The summed E-state index contributed by atoms with van der Waals surface area (Å²) in [5.74, 6) is 2.44. The van der Waals surface area contributed by atoms with E-state index in [-0.39, 0.29) is 29.9 Å². The van der Waals surface area contributed by atoms with Crippen molar-refractivity contribution in [1.82, 2.24) is 15.6 Å². The quantitative estimate of drug-likeness (QED) is 0.226. The van der Waals surface area contributed by atoms with Crippen LogP contribution >= 0.6 is 35.7 Å². The number of hydrogen-bond donors (Lipinski definition) is 3. The van der Waals surface area contributed by atoms with Crippen LogP contribution in [0.25, 0.3) is 0 Å². The molecule has 1 aromatic heterocycles. The summed E-state index contributed by atoms with van der Waals surface area (Å²) >= 11 is 1.86. The fraction of sp³-hybridized carbons (Fsp3) is 0.562. The van der Waals surface area contributed by atoms with Crippen LogP contribution in [0.3, 0.4) is 0 Å². The molecule has 0 radical (unpaired) electrons. The van der Waals surface area contributed by atoms with E-state index < -0.39 is 0 Å². The minimum Gasteiger partial charge on any atom is -0.356 e. The van der Waals surface area contributed by atoms with E-state index in [1.54, 1.807) is 13.1 Å². The second kappa shape index (κ2) is 14.3. The predicted molar refractivity (Wildman–Crippen MR) is 115 cm³/mol. The van der Waals surface area contributed by atoms with E-state index >= 15 is 0 Å². The Hall–Kier alpha value is -1.03. The highest BCUT2D eigenvalue weighted by Gasteiger charge is 2.04. The predicted octanol–water partition coefficient (Wildman–Crippen LogP) is 2.64. The van der Waals surface area contributed by atoms with Gasteiger partial charge in [-0.2, -0.15) is 11.8 Å². The summed E-state index contributed by atoms with van der Waals surface area (Å²) in [7, 11) is 1.73. The lowest BCUT2D eigenvalue weighted by Crippen LogP contribution is -2.39. The molecule has 0 aliphatic rings. The van der Waals surface area contributed by atoms with Crippen molar-refractivity contribution in [2.75, 3.05) is 37.5 Å². The summed E-state index contributed by atoms with van der Waals surface area (Å²) in [4.78, 5) is 20.3. The fourth-order valence-electron chi connectivity index (χ4n) is 1.91. The minimum atomic E-state index is -0.0639. The number of rotatable bonds is 9. The van der Waals surface area contributed by atoms with Gasteiger partial charge in [-0.05, 0) is 43.9 Å². The number of pyridine rings is 1. The Morgan fingerprint density at radius 2 is 2.00 bits per heavy atom. The van der Waals surface area contributed by atoms with Gasteiger partial charge in [-0.3, -0.25) is 9.79 Å². The van der Waals surface area contributed by atoms with Gasteiger partial charge in [-0.25, -0.2) is 4.98 Å². The molecule has 0 saturated heterocycles. The molecule has 1 aromatic rings. The van der Waals surface area contributed by atoms with Crippen LogP contribution in [-0.2, 0) is 4.79 Å². The summed E-state index contributed by atoms with van der Waals surface area (Å²) in [6.45, 7) is 3.31. The van der Waals surface area contributed by atoms with E-state index in [1.165, 1.54) is 12.2 Å². The number of amides is 1. The van der Waals surface area contributed by atoms with Crippen LogP contribution < -0.4 is 16.0 Å². The van der Waals surface area contributed by atoms with E-state index in [1.807, 2.05) is 30.8 Å². The van der Waals surface area contributed by atoms with Crippen molar-refractivity contribution in [2.24, 2.45) is 4.99 Å². The van der Waals surface area contributed by atoms with E-state index in [0.29, 0.717) is 18.8 Å². The standard InChI is InChI=1S/C16H27N5OS.HI/c1-13-7-6-8-14(20-13)21-15(22)9-11-19-16(17-2)18-10-4-5-12-23-3;/h6-8H,4-5,9-12H2,1-3H3,(H2,17,18,19)(H,20,21,22);1H. The zero-order chi connectivity index (χ0) is 16.9. The number of hydrogen-bond acceptors (Lipinski definition) is 4. The molecule has 3 N–H and O–H groups in total. The number of carbonyl (C=O) groups is 1. The van der Waals surface area contributed by atoms with Crippen molar-refractivity contribution in [3.05, 3.63) is 23.9 Å². The third kappa shape index (κ3) is 10.7. The number of aryl methyl sites for hydroxylation is 1. The Labute approximate surface area is 166 Å². The Bertz CT molecular complexity index is 513. The molecule has 0 aliphatic carbocycles. The molecule has 24 heavy (non-hydrogen) atoms. The first-order valence-electron chi connectivity index (χ1n) is 7.82. The smallest absolute Gasteiger partial charge is 0.227 e. The van der Waals surface area contributed by atoms with Crippen molar-refractivity contribution >= 4 is 53.4 Å². The van der Waals surface area contributed by atoms with Crippen molar-refractivity contribution in [3.63, 3.8) is 0 Å². The number of thioether (sulfide) groups is 1. The number of anilines is 1. The fourth-order valence-corrected chi connectivity index (χ4v) is 2.40. The van der Waals surface area contributed by atoms with Gasteiger partial charge in [-0.1, -0.05) is 6.07 Å². The molecule has 0 bridgehead atoms. The van der Waals surface area contributed by atoms with Crippen LogP contribution in [0.5, 0.6) is 0 Å². The monoisotopic (exact) mass is 465 g/mol. The van der Waals surface area contributed by atoms with Gasteiger partial charge in [0, 0.05) is 32.3 Å². The number of guanidine groups is 1. The molecule has 0 fully saturated rings. The van der Waals surface area contributed by atoms with Crippen LogP contribution in [-0.4, -0.2) is 49.0 Å². The lowest BCUT2D eigenvalue weighted by atomic mass is 10.3. The van der Waals surface area contributed by atoms with Crippen LogP contribution in [0.2, 0.25) is 0 Å². The lowest BCUT2D eigenvalue weighted by Gasteiger charge is -2.11. The van der Waals surface area contributed by atoms with Gasteiger partial charge in [0.15, 0.2) is 5.96 Å². The molecular weight excluding hydrogens is 437 g/mol. The number of aliphatic imine (C=N–C) groups is 1. The van der Waals surface area contributed by atoms with E-state index in [0.717, 1.165) is 24.6 Å². The number of halogens is 1. The van der Waals surface area contributed by atoms with Gasteiger partial charge in [0.2, 0.25) is 5.91 Å². The maximum absolute atomic E-state index is 11.9. The van der Waals surface area contributed by atoms with Gasteiger partial charge in [0.05, 0.1) is 0 Å². The van der Waals surface area contributed by atoms with Crippen LogP contribution in [0.15, 0.2) is 23.2 Å². The average Bonchev–Trinajstić information content (AvgIpc) is 2.53. The highest BCUT2D eigenvalue weighted by Crippen LogP contribution is 2.03. The van der Waals surface area contributed by atoms with E-state index in [2.05, 4.69) is 32.2 Å². The lowest BCUT2D eigenvalue weighted by molar-refractivity contribution is -0.116. The molecule has 0 aliphatic heterocycles. The Balaban J connectivity index is 0.00000529. The third-order valence-corrected chi connectivity index (χ3v) is 3.79. The first kappa shape index (κ1) is 23.0. The van der Waals surface area contributed by atoms with Crippen molar-refractivity contribution in [2.45, 2.75) is 26.2 Å². The molecule has 1 heterocycles. The largest absolute Gasteiger partial charge is 0.356 e. The SMILES string of the molecule is CN=C(NCCCCSC)NCCC(=O)Nc1cccc(C)n1.I. The first-order valence-corrected chi connectivity index (χ1v) is 9.22. The topological polar surface area (TPSA) is 78.4 Å². The molecule has 6 nitrogen and oxygen atoms in total. The molecule has 136 valence electrons. The van der Waals surface area contributed by atoms with Gasteiger partial charge in [0.25, 0.3) is 0 Å². The zero-order valence-corrected chi connectivity index (χ0v) is 17.7. The average molecular weight is 465 g/mol. The van der Waals surface area contributed by atoms with E-state index in [4.69, 9.17) is 0 Å². The summed E-state index contributed by atoms with van der Waals surface area (Å²) in [5.41, 5.74) is 0.881. The van der Waals surface area contributed by atoms with Crippen LogP contribution in [0.4, 0.5) is 5.82 Å². The summed E-state index contributed by atoms with van der Waals surface area (Å²) < 4.78 is 0. The van der Waals surface area contributed by atoms with Crippen molar-refractivity contribution < 1.29 is 4.79 Å². The number of aromatic nitrogens is 1. The Morgan fingerprint density at radius 3 is 2.67 bits per heavy atom. The van der Waals surface area contributed by atoms with Crippen LogP contribution in [0, 0.1) is 6.92 Å². The number of nitrogens with zero attached hydrogens (tertiary/aromatic N) is 2. The van der Waals surface area contributed by atoms with Crippen molar-refractivity contribution in [3.8, 4) is 0 Å². The normalized spacial score (nSPS) is 10.7. The summed E-state index contributed by atoms with van der Waals surface area (Å²) in [5, 5.41) is 9.17. The molecule has 0 spiro atoms. The highest BCUT2D eigenvalue weighted by molar-refractivity contribution is 14.0. The molecule has 0 unspecified atom stereocenters. The second-order valence-corrected chi connectivity index (χ2v) is 6.07. The molecule has 0 saturated carbocycles. The first-order chi connectivity index (χ1) is 11.2. The molecule has 1 rings (SSSR count). The molecule has 8 heteroatoms. The van der Waals surface area contributed by atoms with Gasteiger partial charge >= 0.3 is 0 Å². The molecule has 0 aromatic carbocycles. The van der Waals surface area contributed by atoms with Gasteiger partial charge in [-0.15, -0.1) is 24.0 Å². The Morgan fingerprint density at radius 1 is 1.25 bits per heavy atom. The maximum atomic E-state index is 11.9. The maximum Gasteiger partial charge on any atom is 0.227 e. The molecule has 1 amide bonds. The van der Waals surface area contributed by atoms with Gasteiger partial charge < -0.3 is 16.0 Å². The number of unbranched alkanes of at least 4 members (excludes halogenated alkanes) is 1. The summed E-state index contributed by atoms with van der Waals surface area (Å²) in [6.07, 6.45) is 4.78. The van der Waals surface area contributed by atoms with Gasteiger partial charge in [0.1, 0.15) is 5.82 Å². The molecule has 0 atom stereocenters. The third-order valence-electron chi connectivity index (χ3n) is 3.09. The number of carbonyl (C=O) groups excluding carboxylic acids is 1. The van der Waals surface area contributed by atoms with Crippen LogP contribution in [0.1, 0.15) is 25.0 Å². The van der Waals surface area contributed by atoms with E-state index in [9.17, 15) is 4.79 Å². The highest BCUT2D eigenvalue weighted by atomic mass is 127. The molecular formula is C16H28IN5OS. The Kier molecular flexibility index (Phi) is 13.7.